The van der Waals surface area contributed by atoms with Gasteiger partial charge in [-0.2, -0.15) is 0 Å². The van der Waals surface area contributed by atoms with Crippen LogP contribution in [0.2, 0.25) is 0 Å². The summed E-state index contributed by atoms with van der Waals surface area (Å²) in [6.45, 7) is 13.6. The average Bonchev–Trinajstić information content (AvgIpc) is 2.71. The van der Waals surface area contributed by atoms with Gasteiger partial charge in [0.25, 0.3) is 0 Å². The predicted octanol–water partition coefficient (Wildman–Crippen LogP) is 2.02. The summed E-state index contributed by atoms with van der Waals surface area (Å²) in [6, 6.07) is 0.518. The Balaban J connectivity index is 0.00000420. The van der Waals surface area contributed by atoms with E-state index in [1.54, 1.807) is 7.11 Å². The summed E-state index contributed by atoms with van der Waals surface area (Å²) < 4.78 is 10.9. The summed E-state index contributed by atoms with van der Waals surface area (Å²) in [4.78, 5) is 9.46. The lowest BCUT2D eigenvalue weighted by Gasteiger charge is -2.34. The smallest absolute Gasteiger partial charge is 0.191 e. The first-order valence-corrected chi connectivity index (χ1v) is 11.1. The van der Waals surface area contributed by atoms with Crippen molar-refractivity contribution in [3.8, 4) is 0 Å². The molecule has 0 unspecified atom stereocenters. The second-order valence-electron chi connectivity index (χ2n) is 8.41. The van der Waals surface area contributed by atoms with Crippen LogP contribution in [0.25, 0.3) is 0 Å². The van der Waals surface area contributed by atoms with Crippen molar-refractivity contribution >= 4 is 29.9 Å². The monoisotopic (exact) mass is 525 g/mol. The quantitative estimate of drug-likeness (QED) is 0.259. The molecule has 0 spiro atoms. The standard InChI is InChI=1S/C21H43N5O2.HI/c1-18(2)28-16-14-26-11-7-20(8-12-26)24-21(22-3)23-17-19-5-9-25(10-6-19)13-15-27-4;/h18-20H,5-17H2,1-4H3,(H2,22,23,24);1H. The average molecular weight is 526 g/mol. The molecule has 172 valence electrons. The minimum atomic E-state index is 0. The highest BCUT2D eigenvalue weighted by Gasteiger charge is 2.21. The van der Waals surface area contributed by atoms with Crippen LogP contribution in [0.4, 0.5) is 0 Å². The Kier molecular flexibility index (Phi) is 14.5. The lowest BCUT2D eigenvalue weighted by atomic mass is 9.97. The molecule has 0 radical (unpaired) electrons. The van der Waals surface area contributed by atoms with Gasteiger partial charge in [0.2, 0.25) is 0 Å². The molecule has 2 N–H and O–H groups in total. The van der Waals surface area contributed by atoms with Gasteiger partial charge >= 0.3 is 0 Å². The van der Waals surface area contributed by atoms with Crippen LogP contribution in [-0.4, -0.2) is 101 Å². The van der Waals surface area contributed by atoms with Crippen LogP contribution >= 0.6 is 24.0 Å². The molecular formula is C21H44IN5O2. The third-order valence-corrected chi connectivity index (χ3v) is 5.89. The Morgan fingerprint density at radius 1 is 1.00 bits per heavy atom. The number of likely N-dealkylation sites (tertiary alicyclic amines) is 2. The van der Waals surface area contributed by atoms with E-state index in [-0.39, 0.29) is 24.0 Å². The molecule has 0 aromatic heterocycles. The first-order chi connectivity index (χ1) is 13.6. The van der Waals surface area contributed by atoms with Crippen molar-refractivity contribution in [3.05, 3.63) is 0 Å². The van der Waals surface area contributed by atoms with Gasteiger partial charge in [-0.3, -0.25) is 4.99 Å². The Bertz CT molecular complexity index is 437. The number of rotatable bonds is 10. The molecule has 0 aliphatic carbocycles. The molecule has 8 heteroatoms. The van der Waals surface area contributed by atoms with Crippen molar-refractivity contribution in [2.75, 3.05) is 73.2 Å². The third-order valence-electron chi connectivity index (χ3n) is 5.89. The largest absolute Gasteiger partial charge is 0.383 e. The Labute approximate surface area is 195 Å². The highest BCUT2D eigenvalue weighted by atomic mass is 127. The minimum absolute atomic E-state index is 0. The number of hydrogen-bond acceptors (Lipinski definition) is 5. The minimum Gasteiger partial charge on any atom is -0.383 e. The molecule has 2 aliphatic rings. The van der Waals surface area contributed by atoms with Crippen LogP contribution in [0.5, 0.6) is 0 Å². The molecule has 2 aliphatic heterocycles. The highest BCUT2D eigenvalue weighted by Crippen LogP contribution is 2.16. The van der Waals surface area contributed by atoms with E-state index < -0.39 is 0 Å². The predicted molar refractivity (Wildman–Crippen MR) is 132 cm³/mol. The molecule has 0 amide bonds. The van der Waals surface area contributed by atoms with Crippen molar-refractivity contribution in [2.45, 2.75) is 51.7 Å². The molecule has 2 fully saturated rings. The van der Waals surface area contributed by atoms with Gasteiger partial charge in [0.1, 0.15) is 0 Å². The summed E-state index contributed by atoms with van der Waals surface area (Å²) in [5.74, 6) is 1.70. The second kappa shape index (κ2) is 15.6. The first kappa shape index (κ1) is 26.9. The number of hydrogen-bond donors (Lipinski definition) is 2. The fraction of sp³-hybridized carbons (Fsp3) is 0.952. The topological polar surface area (TPSA) is 61.4 Å². The summed E-state index contributed by atoms with van der Waals surface area (Å²) in [5.41, 5.74) is 0. The SMILES string of the molecule is CN=C(NCC1CCN(CCOC)CC1)NC1CCN(CCOC(C)C)CC1.I. The van der Waals surface area contributed by atoms with Crippen molar-refractivity contribution < 1.29 is 9.47 Å². The maximum absolute atomic E-state index is 5.67. The molecule has 0 atom stereocenters. The van der Waals surface area contributed by atoms with Gasteiger partial charge in [0.05, 0.1) is 19.3 Å². The molecular weight excluding hydrogens is 481 g/mol. The number of methoxy groups -OCH3 is 1. The number of nitrogens with one attached hydrogen (secondary N) is 2. The van der Waals surface area contributed by atoms with Crippen LogP contribution < -0.4 is 10.6 Å². The van der Waals surface area contributed by atoms with Crippen molar-refractivity contribution in [3.63, 3.8) is 0 Å². The fourth-order valence-electron chi connectivity index (χ4n) is 3.98. The number of aliphatic imine (C=N–C) groups is 1. The van der Waals surface area contributed by atoms with Crippen LogP contribution in [0, 0.1) is 5.92 Å². The zero-order valence-electron chi connectivity index (χ0n) is 19.0. The van der Waals surface area contributed by atoms with Gasteiger partial charge in [0, 0.05) is 52.9 Å². The summed E-state index contributed by atoms with van der Waals surface area (Å²) >= 11 is 0. The summed E-state index contributed by atoms with van der Waals surface area (Å²) in [6.07, 6.45) is 5.17. The first-order valence-electron chi connectivity index (χ1n) is 11.1. The molecule has 7 nitrogen and oxygen atoms in total. The number of halogens is 1. The molecule has 2 saturated heterocycles. The van der Waals surface area contributed by atoms with Gasteiger partial charge < -0.3 is 29.9 Å². The van der Waals surface area contributed by atoms with Crippen LogP contribution in [0.1, 0.15) is 39.5 Å². The fourth-order valence-corrected chi connectivity index (χ4v) is 3.98. The molecule has 2 heterocycles. The third kappa shape index (κ3) is 11.1. The van der Waals surface area contributed by atoms with Crippen molar-refractivity contribution in [2.24, 2.45) is 10.9 Å². The van der Waals surface area contributed by atoms with E-state index in [4.69, 9.17) is 9.47 Å². The van der Waals surface area contributed by atoms with E-state index in [1.165, 1.54) is 38.8 Å². The van der Waals surface area contributed by atoms with Crippen molar-refractivity contribution in [1.29, 1.82) is 0 Å². The Morgan fingerprint density at radius 3 is 2.14 bits per heavy atom. The summed E-state index contributed by atoms with van der Waals surface area (Å²) in [7, 11) is 3.65. The maximum atomic E-state index is 5.67. The number of ether oxygens (including phenoxy) is 2. The van der Waals surface area contributed by atoms with Gasteiger partial charge in [-0.15, -0.1) is 24.0 Å². The lowest BCUT2D eigenvalue weighted by molar-refractivity contribution is 0.0532. The van der Waals surface area contributed by atoms with Crippen LogP contribution in [0.3, 0.4) is 0 Å². The van der Waals surface area contributed by atoms with E-state index in [1.807, 2.05) is 7.05 Å². The lowest BCUT2D eigenvalue weighted by Crippen LogP contribution is -2.50. The van der Waals surface area contributed by atoms with Crippen LogP contribution in [-0.2, 0) is 9.47 Å². The maximum Gasteiger partial charge on any atom is 0.191 e. The van der Waals surface area contributed by atoms with Gasteiger partial charge in [-0.05, 0) is 58.5 Å². The highest BCUT2D eigenvalue weighted by molar-refractivity contribution is 14.0. The molecule has 0 aromatic rings. The van der Waals surface area contributed by atoms with E-state index in [0.29, 0.717) is 12.1 Å². The zero-order chi connectivity index (χ0) is 20.2. The summed E-state index contributed by atoms with van der Waals surface area (Å²) in [5, 5.41) is 7.20. The molecule has 0 bridgehead atoms. The van der Waals surface area contributed by atoms with Gasteiger partial charge in [-0.1, -0.05) is 0 Å². The van der Waals surface area contributed by atoms with E-state index in [0.717, 1.165) is 57.8 Å². The zero-order valence-corrected chi connectivity index (χ0v) is 21.3. The number of guanidine groups is 1. The normalized spacial score (nSPS) is 20.7. The van der Waals surface area contributed by atoms with E-state index in [9.17, 15) is 0 Å². The Hall–Kier alpha value is -0.160. The molecule has 2 rings (SSSR count). The van der Waals surface area contributed by atoms with E-state index in [2.05, 4.69) is 39.3 Å². The van der Waals surface area contributed by atoms with Crippen LogP contribution in [0.15, 0.2) is 4.99 Å². The van der Waals surface area contributed by atoms with Gasteiger partial charge in [-0.25, -0.2) is 0 Å². The Morgan fingerprint density at radius 2 is 1.59 bits per heavy atom. The second-order valence-corrected chi connectivity index (χ2v) is 8.41. The van der Waals surface area contributed by atoms with Crippen molar-refractivity contribution in [1.82, 2.24) is 20.4 Å². The molecule has 29 heavy (non-hydrogen) atoms. The van der Waals surface area contributed by atoms with E-state index >= 15 is 0 Å². The number of piperidine rings is 2. The molecule has 0 aromatic carbocycles. The van der Waals surface area contributed by atoms with Gasteiger partial charge in [0.15, 0.2) is 5.96 Å². The molecule has 0 saturated carbocycles. The number of nitrogens with zero attached hydrogens (tertiary/aromatic N) is 3.